The van der Waals surface area contributed by atoms with Crippen LogP contribution in [0.3, 0.4) is 0 Å². The standard InChI is InChI=1S/C13H14BrN3O3/c1-8-13(9(2)16(3)15-8)20-11-4-5-12(17(18)19)10(6-11)7-14/h4-6H,7H2,1-3H3. The number of aromatic nitrogens is 2. The van der Waals surface area contributed by atoms with Gasteiger partial charge in [-0.1, -0.05) is 15.9 Å². The molecule has 0 saturated carbocycles. The second-order valence-corrected chi connectivity index (χ2v) is 4.97. The Morgan fingerprint density at radius 3 is 2.65 bits per heavy atom. The average Bonchev–Trinajstić information content (AvgIpc) is 2.65. The van der Waals surface area contributed by atoms with Crippen LogP contribution in [-0.4, -0.2) is 14.7 Å². The third-order valence-electron chi connectivity index (χ3n) is 3.05. The molecule has 7 heteroatoms. The van der Waals surface area contributed by atoms with Crippen LogP contribution in [-0.2, 0) is 12.4 Å². The number of halogens is 1. The molecular formula is C13H14BrN3O3. The summed E-state index contributed by atoms with van der Waals surface area (Å²) in [5.41, 5.74) is 2.34. The van der Waals surface area contributed by atoms with Crippen LogP contribution in [0.1, 0.15) is 17.0 Å². The highest BCUT2D eigenvalue weighted by Crippen LogP contribution is 2.31. The van der Waals surface area contributed by atoms with Crippen LogP contribution in [0.15, 0.2) is 18.2 Å². The summed E-state index contributed by atoms with van der Waals surface area (Å²) < 4.78 is 7.55. The minimum absolute atomic E-state index is 0.0776. The normalized spacial score (nSPS) is 10.6. The van der Waals surface area contributed by atoms with E-state index in [0.717, 1.165) is 11.4 Å². The SMILES string of the molecule is Cc1nn(C)c(C)c1Oc1ccc([N+](=O)[O-])c(CBr)c1. The molecule has 0 aliphatic carbocycles. The maximum absolute atomic E-state index is 10.9. The van der Waals surface area contributed by atoms with Crippen LogP contribution in [0.25, 0.3) is 0 Å². The highest BCUT2D eigenvalue weighted by molar-refractivity contribution is 9.08. The van der Waals surface area contributed by atoms with E-state index in [0.29, 0.717) is 22.4 Å². The van der Waals surface area contributed by atoms with Gasteiger partial charge in [-0.25, -0.2) is 0 Å². The Hall–Kier alpha value is -1.89. The van der Waals surface area contributed by atoms with Gasteiger partial charge in [0, 0.05) is 24.0 Å². The Kier molecular flexibility index (Phi) is 4.08. The van der Waals surface area contributed by atoms with Crippen molar-refractivity contribution in [3.8, 4) is 11.5 Å². The molecular weight excluding hydrogens is 326 g/mol. The average molecular weight is 340 g/mol. The molecule has 0 atom stereocenters. The molecule has 2 rings (SSSR count). The van der Waals surface area contributed by atoms with Crippen LogP contribution in [0.4, 0.5) is 5.69 Å². The predicted molar refractivity (Wildman–Crippen MR) is 78.5 cm³/mol. The molecule has 0 aliphatic heterocycles. The summed E-state index contributed by atoms with van der Waals surface area (Å²) in [5.74, 6) is 1.24. The van der Waals surface area contributed by atoms with Gasteiger partial charge in [-0.2, -0.15) is 5.10 Å². The van der Waals surface area contributed by atoms with Gasteiger partial charge in [0.25, 0.3) is 5.69 Å². The molecule has 0 N–H and O–H groups in total. The third-order valence-corrected chi connectivity index (χ3v) is 3.66. The van der Waals surface area contributed by atoms with E-state index < -0.39 is 4.92 Å². The van der Waals surface area contributed by atoms with Crippen LogP contribution >= 0.6 is 15.9 Å². The smallest absolute Gasteiger partial charge is 0.273 e. The fraction of sp³-hybridized carbons (Fsp3) is 0.308. The topological polar surface area (TPSA) is 70.2 Å². The van der Waals surface area contributed by atoms with Gasteiger partial charge >= 0.3 is 0 Å². The van der Waals surface area contributed by atoms with Gasteiger partial charge in [-0.15, -0.1) is 0 Å². The Labute approximate surface area is 124 Å². The highest BCUT2D eigenvalue weighted by atomic mass is 79.9. The van der Waals surface area contributed by atoms with Crippen molar-refractivity contribution in [2.75, 3.05) is 0 Å². The second kappa shape index (κ2) is 5.62. The molecule has 106 valence electrons. The maximum atomic E-state index is 10.9. The van der Waals surface area contributed by atoms with Crippen LogP contribution in [0.2, 0.25) is 0 Å². The third kappa shape index (κ3) is 2.67. The number of alkyl halides is 1. The van der Waals surface area contributed by atoms with Crippen molar-refractivity contribution >= 4 is 21.6 Å². The zero-order valence-corrected chi connectivity index (χ0v) is 13.0. The molecule has 0 spiro atoms. The Morgan fingerprint density at radius 2 is 2.15 bits per heavy atom. The lowest BCUT2D eigenvalue weighted by Crippen LogP contribution is -1.95. The zero-order chi connectivity index (χ0) is 14.9. The van der Waals surface area contributed by atoms with Crippen molar-refractivity contribution in [2.24, 2.45) is 7.05 Å². The van der Waals surface area contributed by atoms with Gasteiger partial charge in [-0.3, -0.25) is 14.8 Å². The fourth-order valence-corrected chi connectivity index (χ4v) is 2.38. The molecule has 2 aromatic rings. The summed E-state index contributed by atoms with van der Waals surface area (Å²) in [6.45, 7) is 3.77. The monoisotopic (exact) mass is 339 g/mol. The number of benzene rings is 1. The first-order valence-corrected chi connectivity index (χ1v) is 7.07. The molecule has 0 bridgehead atoms. The molecule has 1 aromatic carbocycles. The van der Waals surface area contributed by atoms with Crippen molar-refractivity contribution in [3.05, 3.63) is 45.3 Å². The van der Waals surface area contributed by atoms with E-state index in [1.54, 1.807) is 16.8 Å². The summed E-state index contributed by atoms with van der Waals surface area (Å²) in [4.78, 5) is 10.5. The number of nitrogens with zero attached hydrogens (tertiary/aromatic N) is 3. The molecule has 20 heavy (non-hydrogen) atoms. The summed E-state index contributed by atoms with van der Waals surface area (Å²) in [6, 6.07) is 4.71. The van der Waals surface area contributed by atoms with Crippen LogP contribution in [0, 0.1) is 24.0 Å². The predicted octanol–water partition coefficient (Wildman–Crippen LogP) is 3.63. The van der Waals surface area contributed by atoms with Gasteiger partial charge in [0.1, 0.15) is 11.4 Å². The summed E-state index contributed by atoms with van der Waals surface area (Å²) in [6.07, 6.45) is 0. The van der Waals surface area contributed by atoms with E-state index >= 15 is 0 Å². The van der Waals surface area contributed by atoms with Gasteiger partial charge in [0.05, 0.1) is 10.6 Å². The zero-order valence-electron chi connectivity index (χ0n) is 11.4. The van der Waals surface area contributed by atoms with Crippen molar-refractivity contribution in [2.45, 2.75) is 19.2 Å². The number of aryl methyl sites for hydroxylation is 2. The van der Waals surface area contributed by atoms with Crippen LogP contribution in [0.5, 0.6) is 11.5 Å². The highest BCUT2D eigenvalue weighted by Gasteiger charge is 2.16. The van der Waals surface area contributed by atoms with E-state index in [9.17, 15) is 10.1 Å². The number of hydrogen-bond acceptors (Lipinski definition) is 4. The minimum Gasteiger partial charge on any atom is -0.453 e. The van der Waals surface area contributed by atoms with Gasteiger partial charge in [0.15, 0.2) is 5.75 Å². The number of nitro benzene ring substituents is 1. The largest absolute Gasteiger partial charge is 0.453 e. The van der Waals surface area contributed by atoms with E-state index in [1.165, 1.54) is 6.07 Å². The Morgan fingerprint density at radius 1 is 1.45 bits per heavy atom. The number of rotatable bonds is 4. The fourth-order valence-electron chi connectivity index (χ4n) is 1.93. The number of ether oxygens (including phenoxy) is 1. The van der Waals surface area contributed by atoms with Crippen molar-refractivity contribution in [1.82, 2.24) is 9.78 Å². The quantitative estimate of drug-likeness (QED) is 0.484. The Balaban J connectivity index is 2.37. The van der Waals surface area contributed by atoms with Crippen molar-refractivity contribution in [3.63, 3.8) is 0 Å². The molecule has 0 amide bonds. The first-order chi connectivity index (χ1) is 9.43. The van der Waals surface area contributed by atoms with Gasteiger partial charge < -0.3 is 4.74 Å². The molecule has 1 aromatic heterocycles. The molecule has 6 nitrogen and oxygen atoms in total. The molecule has 0 radical (unpaired) electrons. The molecule has 0 aliphatic rings. The number of hydrogen-bond donors (Lipinski definition) is 0. The maximum Gasteiger partial charge on any atom is 0.273 e. The number of nitro groups is 1. The summed E-state index contributed by atoms with van der Waals surface area (Å²) in [7, 11) is 1.84. The van der Waals surface area contributed by atoms with E-state index in [1.807, 2.05) is 20.9 Å². The second-order valence-electron chi connectivity index (χ2n) is 4.41. The molecule has 0 fully saturated rings. The molecule has 0 unspecified atom stereocenters. The summed E-state index contributed by atoms with van der Waals surface area (Å²) in [5, 5.41) is 15.6. The van der Waals surface area contributed by atoms with Crippen molar-refractivity contribution in [1.29, 1.82) is 0 Å². The first-order valence-electron chi connectivity index (χ1n) is 5.95. The van der Waals surface area contributed by atoms with E-state index in [-0.39, 0.29) is 5.69 Å². The lowest BCUT2D eigenvalue weighted by atomic mass is 10.2. The van der Waals surface area contributed by atoms with Crippen molar-refractivity contribution < 1.29 is 9.66 Å². The summed E-state index contributed by atoms with van der Waals surface area (Å²) >= 11 is 3.25. The lowest BCUT2D eigenvalue weighted by Gasteiger charge is -2.07. The lowest BCUT2D eigenvalue weighted by molar-refractivity contribution is -0.385. The Bertz CT molecular complexity index is 667. The van der Waals surface area contributed by atoms with E-state index in [4.69, 9.17) is 4.74 Å². The molecule has 0 saturated heterocycles. The first kappa shape index (κ1) is 14.5. The van der Waals surface area contributed by atoms with Gasteiger partial charge in [-0.05, 0) is 26.0 Å². The van der Waals surface area contributed by atoms with Crippen LogP contribution < -0.4 is 4.74 Å². The van der Waals surface area contributed by atoms with E-state index in [2.05, 4.69) is 21.0 Å². The van der Waals surface area contributed by atoms with Gasteiger partial charge in [0.2, 0.25) is 0 Å². The molecule has 1 heterocycles. The minimum atomic E-state index is -0.402.